The van der Waals surface area contributed by atoms with E-state index in [-0.39, 0.29) is 25.7 Å². The van der Waals surface area contributed by atoms with Crippen LogP contribution in [0.5, 0.6) is 0 Å². The fourth-order valence-corrected chi connectivity index (χ4v) is 11.6. The third-order valence-electron chi connectivity index (χ3n) is 16.2. The van der Waals surface area contributed by atoms with Crippen molar-refractivity contribution in [1.82, 2.24) is 0 Å². The summed E-state index contributed by atoms with van der Waals surface area (Å²) in [6.07, 6.45) is 92.2. The zero-order chi connectivity index (χ0) is 77.4. The molecule has 0 fully saturated rings. The van der Waals surface area contributed by atoms with Crippen LogP contribution in [0.2, 0.25) is 0 Å². The number of carbonyl (C=O) groups excluding carboxylic acids is 4. The normalized spacial score (nSPS) is 14.7. The highest BCUT2D eigenvalue weighted by molar-refractivity contribution is 7.47. The topological polar surface area (TPSA) is 237 Å². The number of allylic oxidation sites excluding steroid dienone is 28. The van der Waals surface area contributed by atoms with Crippen LogP contribution in [0.4, 0.5) is 0 Å². The predicted octanol–water partition coefficient (Wildman–Crippen LogP) is 23.8. The van der Waals surface area contributed by atoms with Gasteiger partial charge in [-0.25, -0.2) is 9.13 Å². The van der Waals surface area contributed by atoms with Crippen LogP contribution in [0.1, 0.15) is 297 Å². The van der Waals surface area contributed by atoms with Crippen molar-refractivity contribution in [3.8, 4) is 0 Å². The fourth-order valence-electron chi connectivity index (χ4n) is 10.1. The van der Waals surface area contributed by atoms with Crippen molar-refractivity contribution in [2.24, 2.45) is 0 Å². The van der Waals surface area contributed by atoms with E-state index in [2.05, 4.69) is 155 Å². The van der Waals surface area contributed by atoms with Gasteiger partial charge < -0.3 is 33.8 Å². The number of carbonyl (C=O) groups is 4. The molecule has 0 saturated carbocycles. The summed E-state index contributed by atoms with van der Waals surface area (Å²) in [6.45, 7) is 4.48. The summed E-state index contributed by atoms with van der Waals surface area (Å²) >= 11 is 0. The largest absolute Gasteiger partial charge is 0.472 e. The molecule has 602 valence electrons. The van der Waals surface area contributed by atoms with Crippen molar-refractivity contribution >= 4 is 39.5 Å². The van der Waals surface area contributed by atoms with Gasteiger partial charge in [-0.05, 0) is 141 Å². The molecule has 0 bridgehead atoms. The molecule has 0 aliphatic heterocycles. The van der Waals surface area contributed by atoms with Crippen LogP contribution < -0.4 is 0 Å². The standard InChI is InChI=1S/C87H142O17P2/c1-5-9-13-17-21-25-29-33-36-39-40-43-46-50-54-58-62-66-70-74-87(92)104-83(78-98-85(90)72-68-64-60-56-52-49-45-42-38-35-31-27-23-19-15-11-7-3)80-102-106(95,96)100-76-81(88)75-99-105(93,94)101-79-82(103-86(91)73-69-65-61-57-53-47-32-28-24-20-16-12-8-4)77-97-84(89)71-67-63-59-55-51-48-44-41-37-34-30-26-22-18-14-10-6-2/h9,13,21-23,25-27,33-38,40,43-45,48-50,54-56,59-60,62,66,81-83,88H,5-8,10-12,14-20,24,28-32,39,41-42,46-47,51-53,57-58,61,63-65,67-80H2,1-4H3,(H,93,94)(H,95,96)/b13-9-,25-21-,26-22-,27-23-,36-33-,37-34-,38-35-,43-40-,48-44-,49-45-,54-50-,59-55-,60-56-,66-62-/t81-,82+,83+/m0/s1. The van der Waals surface area contributed by atoms with E-state index in [1.165, 1.54) is 89.9 Å². The average molecular weight is 1520 g/mol. The van der Waals surface area contributed by atoms with Crippen molar-refractivity contribution in [3.63, 3.8) is 0 Å². The first kappa shape index (κ1) is 100. The molecule has 0 spiro atoms. The van der Waals surface area contributed by atoms with Crippen LogP contribution in [0.3, 0.4) is 0 Å². The summed E-state index contributed by atoms with van der Waals surface area (Å²) in [6, 6.07) is 0. The van der Waals surface area contributed by atoms with E-state index < -0.39 is 97.5 Å². The maximum atomic E-state index is 13.1. The molecule has 17 nitrogen and oxygen atoms in total. The molecule has 0 aromatic rings. The Bertz CT molecular complexity index is 2680. The van der Waals surface area contributed by atoms with E-state index >= 15 is 0 Å². The Morgan fingerprint density at radius 2 is 0.519 bits per heavy atom. The molecule has 0 aliphatic rings. The van der Waals surface area contributed by atoms with E-state index in [0.29, 0.717) is 44.9 Å². The lowest BCUT2D eigenvalue weighted by atomic mass is 10.0. The van der Waals surface area contributed by atoms with E-state index in [1.54, 1.807) is 0 Å². The van der Waals surface area contributed by atoms with Crippen molar-refractivity contribution in [1.29, 1.82) is 0 Å². The molecule has 0 aromatic heterocycles. The Hall–Kier alpha value is -5.58. The van der Waals surface area contributed by atoms with E-state index in [9.17, 15) is 43.2 Å². The molecule has 0 saturated heterocycles. The highest BCUT2D eigenvalue weighted by Crippen LogP contribution is 2.45. The number of phosphoric acid groups is 2. The van der Waals surface area contributed by atoms with E-state index in [4.69, 9.17) is 37.0 Å². The minimum atomic E-state index is -5.02. The van der Waals surface area contributed by atoms with Crippen molar-refractivity contribution in [2.45, 2.75) is 316 Å². The lowest BCUT2D eigenvalue weighted by Crippen LogP contribution is -2.30. The maximum absolute atomic E-state index is 13.1. The van der Waals surface area contributed by atoms with Crippen LogP contribution in [-0.4, -0.2) is 96.7 Å². The zero-order valence-corrected chi connectivity index (χ0v) is 67.6. The number of aliphatic hydroxyl groups excluding tert-OH is 1. The van der Waals surface area contributed by atoms with Crippen molar-refractivity contribution in [2.75, 3.05) is 39.6 Å². The first-order valence-electron chi connectivity index (χ1n) is 40.4. The van der Waals surface area contributed by atoms with Gasteiger partial charge in [-0.3, -0.25) is 37.3 Å². The van der Waals surface area contributed by atoms with Crippen molar-refractivity contribution < 1.29 is 80.2 Å². The van der Waals surface area contributed by atoms with Crippen LogP contribution in [0.15, 0.2) is 170 Å². The highest BCUT2D eigenvalue weighted by atomic mass is 31.2. The summed E-state index contributed by atoms with van der Waals surface area (Å²) in [5.74, 6) is -2.41. The maximum Gasteiger partial charge on any atom is 0.472 e. The summed E-state index contributed by atoms with van der Waals surface area (Å²) < 4.78 is 68.4. The molecule has 5 atom stereocenters. The third kappa shape index (κ3) is 76.6. The second-order valence-corrected chi connectivity index (χ2v) is 29.2. The van der Waals surface area contributed by atoms with Gasteiger partial charge in [0.15, 0.2) is 12.2 Å². The van der Waals surface area contributed by atoms with Gasteiger partial charge in [0.25, 0.3) is 0 Å². The summed E-state index contributed by atoms with van der Waals surface area (Å²) in [5, 5.41) is 10.6. The first-order chi connectivity index (χ1) is 51.7. The molecule has 0 aliphatic carbocycles. The Morgan fingerprint density at radius 1 is 0.274 bits per heavy atom. The first-order valence-corrected chi connectivity index (χ1v) is 43.4. The molecule has 19 heteroatoms. The number of aliphatic hydroxyl groups is 1. The van der Waals surface area contributed by atoms with Gasteiger partial charge in [-0.1, -0.05) is 301 Å². The smallest absolute Gasteiger partial charge is 0.462 e. The average Bonchev–Trinajstić information content (AvgIpc) is 0.901. The van der Waals surface area contributed by atoms with Gasteiger partial charge in [0.05, 0.1) is 26.4 Å². The van der Waals surface area contributed by atoms with Gasteiger partial charge in [0.1, 0.15) is 19.3 Å². The molecule has 0 amide bonds. The highest BCUT2D eigenvalue weighted by Gasteiger charge is 2.30. The van der Waals surface area contributed by atoms with Crippen LogP contribution in [-0.2, 0) is 65.4 Å². The number of unbranched alkanes of at least 4 members (excludes halogenated alkanes) is 20. The summed E-state index contributed by atoms with van der Waals surface area (Å²) in [5.41, 5.74) is 0. The Labute approximate surface area is 642 Å². The van der Waals surface area contributed by atoms with Gasteiger partial charge in [-0.15, -0.1) is 0 Å². The van der Waals surface area contributed by atoms with Gasteiger partial charge >= 0.3 is 39.5 Å². The Kier molecular flexibility index (Phi) is 73.5. The predicted molar refractivity (Wildman–Crippen MR) is 436 cm³/mol. The minimum Gasteiger partial charge on any atom is -0.462 e. The lowest BCUT2D eigenvalue weighted by Gasteiger charge is -2.21. The number of phosphoric ester groups is 2. The molecular weight excluding hydrogens is 1380 g/mol. The molecule has 0 aromatic carbocycles. The molecule has 2 unspecified atom stereocenters. The molecule has 106 heavy (non-hydrogen) atoms. The number of hydrogen-bond donors (Lipinski definition) is 3. The number of esters is 4. The SMILES string of the molecule is CC/C=C\C/C=C\C/C=C\C/C=C\C/C=C\C/C=C\CCC(=O)O[C@H](COC(=O)CCC/C=C\C/C=C\C/C=C\C/C=C\CCCCC)COP(=O)(O)OC[C@@H](O)COP(=O)(O)OC[C@@H](COC(=O)CCC/C=C\C/C=C\C/C=C\C/C=C\CCCCC)OC(=O)CCCCCCCCCCCCCCC. The van der Waals surface area contributed by atoms with E-state index in [0.717, 1.165) is 109 Å². The van der Waals surface area contributed by atoms with Crippen LogP contribution in [0, 0.1) is 0 Å². The minimum absolute atomic E-state index is 0.0489. The second-order valence-electron chi connectivity index (χ2n) is 26.3. The van der Waals surface area contributed by atoms with E-state index in [1.807, 2.05) is 42.5 Å². The number of hydrogen-bond acceptors (Lipinski definition) is 15. The molecular formula is C87H142O17P2. The quantitative estimate of drug-likeness (QED) is 0.0169. The summed E-state index contributed by atoms with van der Waals surface area (Å²) in [4.78, 5) is 73.0. The second kappa shape index (κ2) is 77.6. The Balaban J connectivity index is 5.54. The van der Waals surface area contributed by atoms with Gasteiger partial charge in [0, 0.05) is 25.7 Å². The third-order valence-corrected chi connectivity index (χ3v) is 18.1. The zero-order valence-electron chi connectivity index (χ0n) is 65.8. The molecule has 3 N–H and O–H groups in total. The molecule has 0 heterocycles. The van der Waals surface area contributed by atoms with Crippen LogP contribution in [0.25, 0.3) is 0 Å². The summed E-state index contributed by atoms with van der Waals surface area (Å²) in [7, 11) is -10.0. The Morgan fingerprint density at radius 3 is 0.840 bits per heavy atom. The van der Waals surface area contributed by atoms with Crippen LogP contribution >= 0.6 is 15.6 Å². The monoisotopic (exact) mass is 1520 g/mol. The molecule has 0 radical (unpaired) electrons. The van der Waals surface area contributed by atoms with Gasteiger partial charge in [0.2, 0.25) is 0 Å². The van der Waals surface area contributed by atoms with Gasteiger partial charge in [-0.2, -0.15) is 0 Å². The number of ether oxygens (including phenoxy) is 4. The van der Waals surface area contributed by atoms with Crippen molar-refractivity contribution in [3.05, 3.63) is 170 Å². The molecule has 0 rings (SSSR count). The fraction of sp³-hybridized carbons (Fsp3) is 0.632. The number of rotatable bonds is 74. The lowest BCUT2D eigenvalue weighted by molar-refractivity contribution is -0.161.